The lowest BCUT2D eigenvalue weighted by Crippen LogP contribution is -2.52. The number of halogens is 1. The first-order valence-electron chi connectivity index (χ1n) is 11.5. The molecule has 0 fully saturated rings. The van der Waals surface area contributed by atoms with E-state index in [9.17, 15) is 9.59 Å². The second-order valence-corrected chi connectivity index (χ2v) is 8.98. The molecule has 0 unspecified atom stereocenters. The van der Waals surface area contributed by atoms with Gasteiger partial charge < -0.3 is 15.0 Å². The van der Waals surface area contributed by atoms with Gasteiger partial charge in [0.15, 0.2) is 6.61 Å². The van der Waals surface area contributed by atoms with Crippen LogP contribution in [0.1, 0.15) is 25.0 Å². The van der Waals surface area contributed by atoms with Gasteiger partial charge in [0.25, 0.3) is 5.91 Å². The summed E-state index contributed by atoms with van der Waals surface area (Å²) < 4.78 is 5.74. The Morgan fingerprint density at radius 3 is 2.09 bits per heavy atom. The third kappa shape index (κ3) is 7.63. The first-order chi connectivity index (χ1) is 16.4. The van der Waals surface area contributed by atoms with E-state index in [0.717, 1.165) is 11.1 Å². The minimum absolute atomic E-state index is 0.181. The largest absolute Gasteiger partial charge is 0.482 e. The molecule has 0 aliphatic rings. The van der Waals surface area contributed by atoms with E-state index in [1.54, 1.807) is 29.2 Å². The number of carbonyl (C=O) groups excluding carboxylic acids is 2. The molecular formula is C28H31ClN2O3. The fourth-order valence-electron chi connectivity index (χ4n) is 3.54. The molecular weight excluding hydrogens is 448 g/mol. The molecule has 1 N–H and O–H groups in total. The normalized spacial score (nSPS) is 11.6. The molecule has 178 valence electrons. The minimum atomic E-state index is -0.691. The zero-order valence-corrected chi connectivity index (χ0v) is 20.4. The number of nitrogens with zero attached hydrogens (tertiary/aromatic N) is 1. The number of benzene rings is 3. The Hall–Kier alpha value is -3.31. The van der Waals surface area contributed by atoms with Crippen molar-refractivity contribution >= 4 is 23.4 Å². The molecule has 0 aliphatic heterocycles. The highest BCUT2D eigenvalue weighted by atomic mass is 35.5. The second kappa shape index (κ2) is 12.8. The maximum atomic E-state index is 13.5. The number of hydrogen-bond acceptors (Lipinski definition) is 3. The zero-order valence-electron chi connectivity index (χ0n) is 19.6. The quantitative estimate of drug-likeness (QED) is 0.415. The Labute approximate surface area is 206 Å². The molecule has 0 spiro atoms. The number of amides is 2. The van der Waals surface area contributed by atoms with Gasteiger partial charge in [-0.2, -0.15) is 0 Å². The predicted molar refractivity (Wildman–Crippen MR) is 136 cm³/mol. The molecule has 5 nitrogen and oxygen atoms in total. The molecule has 2 amide bonds. The minimum Gasteiger partial charge on any atom is -0.482 e. The lowest BCUT2D eigenvalue weighted by atomic mass is 10.0. The van der Waals surface area contributed by atoms with E-state index in [1.165, 1.54) is 0 Å². The van der Waals surface area contributed by atoms with E-state index in [4.69, 9.17) is 16.3 Å². The molecule has 34 heavy (non-hydrogen) atoms. The van der Waals surface area contributed by atoms with Crippen molar-refractivity contribution in [1.82, 2.24) is 10.2 Å². The first kappa shape index (κ1) is 25.3. The number of ether oxygens (including phenoxy) is 1. The van der Waals surface area contributed by atoms with Gasteiger partial charge in [-0.1, -0.05) is 98.2 Å². The van der Waals surface area contributed by atoms with Crippen molar-refractivity contribution in [2.45, 2.75) is 32.9 Å². The summed E-state index contributed by atoms with van der Waals surface area (Å²) in [6.45, 7) is 4.68. The standard InChI is InChI=1S/C28H31ClN2O3/c1-21(2)18-30-28(33)25(17-22-11-5-3-6-12-22)31(19-23-13-7-4-8-14-23)27(32)20-34-26-16-10-9-15-24(26)29/h3-16,21,25H,17-20H2,1-2H3,(H,30,33)/t25-/m0/s1. The average Bonchev–Trinajstić information content (AvgIpc) is 2.85. The number of carbonyl (C=O) groups is 2. The van der Waals surface area contributed by atoms with Crippen molar-refractivity contribution in [3.63, 3.8) is 0 Å². The number of para-hydroxylation sites is 1. The Balaban J connectivity index is 1.88. The van der Waals surface area contributed by atoms with E-state index < -0.39 is 6.04 Å². The maximum absolute atomic E-state index is 13.5. The molecule has 0 aliphatic carbocycles. The molecule has 3 rings (SSSR count). The summed E-state index contributed by atoms with van der Waals surface area (Å²) >= 11 is 6.19. The van der Waals surface area contributed by atoms with Crippen LogP contribution in [-0.4, -0.2) is 35.9 Å². The fourth-order valence-corrected chi connectivity index (χ4v) is 3.73. The van der Waals surface area contributed by atoms with Gasteiger partial charge >= 0.3 is 0 Å². The smallest absolute Gasteiger partial charge is 0.261 e. The SMILES string of the molecule is CC(C)CNC(=O)[C@H](Cc1ccccc1)N(Cc1ccccc1)C(=O)COc1ccccc1Cl. The highest BCUT2D eigenvalue weighted by Gasteiger charge is 2.30. The maximum Gasteiger partial charge on any atom is 0.261 e. The molecule has 3 aromatic rings. The summed E-state index contributed by atoms with van der Waals surface area (Å²) in [5, 5.41) is 3.44. The molecule has 0 saturated heterocycles. The fraction of sp³-hybridized carbons (Fsp3) is 0.286. The third-order valence-corrected chi connectivity index (χ3v) is 5.65. The Kier molecular flexibility index (Phi) is 9.53. The van der Waals surface area contributed by atoms with Crippen molar-refractivity contribution < 1.29 is 14.3 Å². The van der Waals surface area contributed by atoms with E-state index in [-0.39, 0.29) is 25.0 Å². The summed E-state index contributed by atoms with van der Waals surface area (Å²) in [5.41, 5.74) is 1.91. The molecule has 0 heterocycles. The average molecular weight is 479 g/mol. The Morgan fingerprint density at radius 1 is 0.882 bits per heavy atom. The molecule has 0 aromatic heterocycles. The van der Waals surface area contributed by atoms with Crippen LogP contribution in [0.2, 0.25) is 5.02 Å². The van der Waals surface area contributed by atoms with Gasteiger partial charge in [0.05, 0.1) is 5.02 Å². The summed E-state index contributed by atoms with van der Waals surface area (Å²) in [5.74, 6) is 0.258. The molecule has 0 bridgehead atoms. The Bertz CT molecular complexity index is 1060. The summed E-state index contributed by atoms with van der Waals surface area (Å²) in [6, 6.07) is 25.7. The molecule has 0 radical (unpaired) electrons. The van der Waals surface area contributed by atoms with E-state index in [1.807, 2.05) is 74.5 Å². The van der Waals surface area contributed by atoms with Crippen LogP contribution >= 0.6 is 11.6 Å². The van der Waals surface area contributed by atoms with Crippen LogP contribution in [0, 0.1) is 5.92 Å². The van der Waals surface area contributed by atoms with Crippen molar-refractivity contribution in [1.29, 1.82) is 0 Å². The molecule has 3 aromatic carbocycles. The van der Waals surface area contributed by atoms with Crippen LogP contribution in [-0.2, 0) is 22.6 Å². The summed E-state index contributed by atoms with van der Waals surface area (Å²) in [4.78, 5) is 28.4. The molecule has 1 atom stereocenters. The van der Waals surface area contributed by atoms with Gasteiger partial charge in [0, 0.05) is 19.5 Å². The summed E-state index contributed by atoms with van der Waals surface area (Å²) in [7, 11) is 0. The zero-order chi connectivity index (χ0) is 24.3. The van der Waals surface area contributed by atoms with Gasteiger partial charge in [0.2, 0.25) is 5.91 Å². The summed E-state index contributed by atoms with van der Waals surface area (Å²) in [6.07, 6.45) is 0.398. The van der Waals surface area contributed by atoms with Crippen molar-refractivity contribution in [2.24, 2.45) is 5.92 Å². The van der Waals surface area contributed by atoms with Crippen LogP contribution < -0.4 is 10.1 Å². The topological polar surface area (TPSA) is 58.6 Å². The predicted octanol–water partition coefficient (Wildman–Crippen LogP) is 5.13. The van der Waals surface area contributed by atoms with Crippen molar-refractivity contribution in [3.8, 4) is 5.75 Å². The van der Waals surface area contributed by atoms with Gasteiger partial charge in [-0.3, -0.25) is 9.59 Å². The van der Waals surface area contributed by atoms with Crippen LogP contribution in [0.5, 0.6) is 5.75 Å². The van der Waals surface area contributed by atoms with Crippen LogP contribution in [0.4, 0.5) is 0 Å². The van der Waals surface area contributed by atoms with Crippen LogP contribution in [0.15, 0.2) is 84.9 Å². The van der Waals surface area contributed by atoms with Crippen molar-refractivity contribution in [3.05, 3.63) is 101 Å². The van der Waals surface area contributed by atoms with Gasteiger partial charge in [-0.05, 0) is 29.2 Å². The van der Waals surface area contributed by atoms with Gasteiger partial charge in [0.1, 0.15) is 11.8 Å². The van der Waals surface area contributed by atoms with Gasteiger partial charge in [-0.25, -0.2) is 0 Å². The Morgan fingerprint density at radius 2 is 1.47 bits per heavy atom. The monoisotopic (exact) mass is 478 g/mol. The number of nitrogens with one attached hydrogen (secondary N) is 1. The molecule has 0 saturated carbocycles. The van der Waals surface area contributed by atoms with Crippen molar-refractivity contribution in [2.75, 3.05) is 13.2 Å². The van der Waals surface area contributed by atoms with E-state index in [2.05, 4.69) is 5.32 Å². The second-order valence-electron chi connectivity index (χ2n) is 8.57. The van der Waals surface area contributed by atoms with Crippen LogP contribution in [0.25, 0.3) is 0 Å². The number of rotatable bonds is 11. The van der Waals surface area contributed by atoms with E-state index >= 15 is 0 Å². The lowest BCUT2D eigenvalue weighted by molar-refractivity contribution is -0.142. The highest BCUT2D eigenvalue weighted by Crippen LogP contribution is 2.23. The molecule has 6 heteroatoms. The number of hydrogen-bond donors (Lipinski definition) is 1. The first-order valence-corrected chi connectivity index (χ1v) is 11.8. The van der Waals surface area contributed by atoms with E-state index in [0.29, 0.717) is 29.7 Å². The lowest BCUT2D eigenvalue weighted by Gasteiger charge is -2.31. The van der Waals surface area contributed by atoms with Gasteiger partial charge in [-0.15, -0.1) is 0 Å². The highest BCUT2D eigenvalue weighted by molar-refractivity contribution is 6.32. The van der Waals surface area contributed by atoms with Crippen LogP contribution in [0.3, 0.4) is 0 Å². The third-order valence-electron chi connectivity index (χ3n) is 5.34.